The van der Waals surface area contributed by atoms with Gasteiger partial charge in [0.25, 0.3) is 0 Å². The van der Waals surface area contributed by atoms with Crippen LogP contribution in [0, 0.1) is 13.8 Å². The molecule has 18 heavy (non-hydrogen) atoms. The summed E-state index contributed by atoms with van der Waals surface area (Å²) in [5.41, 5.74) is 9.28. The van der Waals surface area contributed by atoms with Gasteiger partial charge in [0.15, 0.2) is 0 Å². The quantitative estimate of drug-likeness (QED) is 0.756. The van der Waals surface area contributed by atoms with E-state index in [1.54, 1.807) is 7.11 Å². The summed E-state index contributed by atoms with van der Waals surface area (Å²) in [5.74, 6) is 1.00. The number of aryl methyl sites for hydroxylation is 2. The molecule has 0 atom stereocenters. The molecule has 0 aliphatic carbocycles. The van der Waals surface area contributed by atoms with Crippen molar-refractivity contribution in [1.29, 1.82) is 0 Å². The molecular weight excluding hydrogens is 224 g/mol. The van der Waals surface area contributed by atoms with Crippen LogP contribution in [0.5, 0.6) is 5.75 Å². The smallest absolute Gasteiger partial charge is 0.124 e. The van der Waals surface area contributed by atoms with Gasteiger partial charge >= 0.3 is 0 Å². The minimum absolute atomic E-state index is 0.786. The zero-order valence-electron chi connectivity index (χ0n) is 12.1. The molecule has 0 aromatic heterocycles. The van der Waals surface area contributed by atoms with E-state index in [0.29, 0.717) is 0 Å². The molecular formula is C15H26N2O. The van der Waals surface area contributed by atoms with Gasteiger partial charge in [-0.2, -0.15) is 0 Å². The number of hydrogen-bond donors (Lipinski definition) is 1. The van der Waals surface area contributed by atoms with Crippen LogP contribution in [0.1, 0.15) is 29.5 Å². The first-order valence-electron chi connectivity index (χ1n) is 6.61. The average Bonchev–Trinajstić information content (AvgIpc) is 2.29. The van der Waals surface area contributed by atoms with Gasteiger partial charge < -0.3 is 15.4 Å². The Balaban J connectivity index is 2.62. The summed E-state index contributed by atoms with van der Waals surface area (Å²) >= 11 is 0. The minimum Gasteiger partial charge on any atom is -0.496 e. The van der Waals surface area contributed by atoms with E-state index in [0.717, 1.165) is 31.8 Å². The van der Waals surface area contributed by atoms with Crippen molar-refractivity contribution in [3.05, 3.63) is 28.8 Å². The fourth-order valence-corrected chi connectivity index (χ4v) is 2.37. The summed E-state index contributed by atoms with van der Waals surface area (Å²) in [4.78, 5) is 2.34. The van der Waals surface area contributed by atoms with E-state index < -0.39 is 0 Å². The number of benzene rings is 1. The van der Waals surface area contributed by atoms with Gasteiger partial charge in [0.1, 0.15) is 5.75 Å². The normalized spacial score (nSPS) is 11.0. The molecule has 102 valence electrons. The first kappa shape index (κ1) is 15.0. The van der Waals surface area contributed by atoms with Crippen molar-refractivity contribution in [3.63, 3.8) is 0 Å². The van der Waals surface area contributed by atoms with Crippen molar-refractivity contribution in [2.45, 2.75) is 33.2 Å². The van der Waals surface area contributed by atoms with E-state index in [1.807, 2.05) is 0 Å². The molecule has 2 N–H and O–H groups in total. The van der Waals surface area contributed by atoms with Gasteiger partial charge in [0.05, 0.1) is 7.11 Å². The van der Waals surface area contributed by atoms with Crippen LogP contribution in [-0.4, -0.2) is 32.1 Å². The molecule has 0 saturated heterocycles. The molecule has 3 heteroatoms. The Morgan fingerprint density at radius 1 is 1.17 bits per heavy atom. The third kappa shape index (κ3) is 4.31. The molecule has 0 saturated carbocycles. The van der Waals surface area contributed by atoms with Crippen LogP contribution in [0.3, 0.4) is 0 Å². The monoisotopic (exact) mass is 250 g/mol. The molecule has 3 nitrogen and oxygen atoms in total. The maximum atomic E-state index is 5.51. The summed E-state index contributed by atoms with van der Waals surface area (Å²) in [6.45, 7) is 7.07. The highest BCUT2D eigenvalue weighted by Crippen LogP contribution is 2.24. The molecule has 0 aliphatic heterocycles. The van der Waals surface area contributed by atoms with Crippen LogP contribution >= 0.6 is 0 Å². The Labute approximate surface area is 111 Å². The highest BCUT2D eigenvalue weighted by molar-refractivity contribution is 5.43. The lowest BCUT2D eigenvalue weighted by molar-refractivity contribution is 0.319. The van der Waals surface area contributed by atoms with Gasteiger partial charge in [-0.25, -0.2) is 0 Å². The minimum atomic E-state index is 0.786. The summed E-state index contributed by atoms with van der Waals surface area (Å²) < 4.78 is 5.39. The fraction of sp³-hybridized carbons (Fsp3) is 0.600. The van der Waals surface area contributed by atoms with E-state index in [4.69, 9.17) is 10.5 Å². The Hall–Kier alpha value is -1.06. The van der Waals surface area contributed by atoms with Crippen molar-refractivity contribution in [3.8, 4) is 5.75 Å². The average molecular weight is 250 g/mol. The number of nitrogens with zero attached hydrogens (tertiary/aromatic N) is 1. The van der Waals surface area contributed by atoms with E-state index in [9.17, 15) is 0 Å². The van der Waals surface area contributed by atoms with Crippen molar-refractivity contribution >= 4 is 0 Å². The molecule has 1 rings (SSSR count). The first-order valence-corrected chi connectivity index (χ1v) is 6.61. The topological polar surface area (TPSA) is 38.5 Å². The lowest BCUT2D eigenvalue weighted by Crippen LogP contribution is -2.20. The number of rotatable bonds is 7. The van der Waals surface area contributed by atoms with E-state index in [1.165, 1.54) is 23.1 Å². The van der Waals surface area contributed by atoms with Gasteiger partial charge in [0.2, 0.25) is 0 Å². The summed E-state index contributed by atoms with van der Waals surface area (Å²) in [7, 11) is 3.89. The molecule has 0 unspecified atom stereocenters. The number of methoxy groups -OCH3 is 1. The second kappa shape index (κ2) is 7.39. The second-order valence-electron chi connectivity index (χ2n) is 5.00. The zero-order valence-corrected chi connectivity index (χ0v) is 12.1. The lowest BCUT2D eigenvalue weighted by Gasteiger charge is -2.18. The number of ether oxygens (including phenoxy) is 1. The molecule has 1 aromatic carbocycles. The number of nitrogens with two attached hydrogens (primary N) is 1. The van der Waals surface area contributed by atoms with Crippen LogP contribution in [0.15, 0.2) is 12.1 Å². The van der Waals surface area contributed by atoms with E-state index in [-0.39, 0.29) is 0 Å². The molecule has 0 radical (unpaired) electrons. The largest absolute Gasteiger partial charge is 0.496 e. The Morgan fingerprint density at radius 2 is 1.78 bits per heavy atom. The summed E-state index contributed by atoms with van der Waals surface area (Å²) in [6, 6.07) is 4.43. The van der Waals surface area contributed by atoms with Crippen LogP contribution in [0.25, 0.3) is 0 Å². The number of hydrogen-bond acceptors (Lipinski definition) is 3. The second-order valence-corrected chi connectivity index (χ2v) is 5.00. The van der Waals surface area contributed by atoms with Crippen LogP contribution in [0.4, 0.5) is 0 Å². The van der Waals surface area contributed by atoms with Gasteiger partial charge in [0, 0.05) is 6.54 Å². The van der Waals surface area contributed by atoms with E-state index in [2.05, 4.69) is 37.9 Å². The molecule has 0 spiro atoms. The zero-order chi connectivity index (χ0) is 13.5. The van der Waals surface area contributed by atoms with Gasteiger partial charge in [-0.15, -0.1) is 0 Å². The summed E-state index contributed by atoms with van der Waals surface area (Å²) in [5, 5.41) is 0. The van der Waals surface area contributed by atoms with Gasteiger partial charge in [-0.1, -0.05) is 12.1 Å². The van der Waals surface area contributed by atoms with Crippen molar-refractivity contribution < 1.29 is 4.74 Å². The van der Waals surface area contributed by atoms with E-state index >= 15 is 0 Å². The SMILES string of the molecule is COc1c(C)cc(CN(C)CCCCN)cc1C. The standard InChI is InChI=1S/C15H26N2O/c1-12-9-14(10-13(2)15(12)18-4)11-17(3)8-6-5-7-16/h9-10H,5-8,11,16H2,1-4H3. The van der Waals surface area contributed by atoms with Crippen LogP contribution < -0.4 is 10.5 Å². The molecule has 0 fully saturated rings. The molecule has 0 heterocycles. The maximum Gasteiger partial charge on any atom is 0.124 e. The highest BCUT2D eigenvalue weighted by Gasteiger charge is 2.07. The Morgan fingerprint density at radius 3 is 2.28 bits per heavy atom. The molecule has 0 amide bonds. The highest BCUT2D eigenvalue weighted by atomic mass is 16.5. The van der Waals surface area contributed by atoms with Crippen molar-refractivity contribution in [2.24, 2.45) is 5.73 Å². The molecule has 0 bridgehead atoms. The predicted molar refractivity (Wildman–Crippen MR) is 77.1 cm³/mol. The van der Waals surface area contributed by atoms with Crippen molar-refractivity contribution in [1.82, 2.24) is 4.90 Å². The van der Waals surface area contributed by atoms with Gasteiger partial charge in [-0.05, 0) is 63.5 Å². The molecule has 1 aromatic rings. The summed E-state index contributed by atoms with van der Waals surface area (Å²) in [6.07, 6.45) is 2.27. The maximum absolute atomic E-state index is 5.51. The van der Waals surface area contributed by atoms with Crippen LogP contribution in [0.2, 0.25) is 0 Å². The predicted octanol–water partition coefficient (Wildman–Crippen LogP) is 2.48. The fourth-order valence-electron chi connectivity index (χ4n) is 2.37. The lowest BCUT2D eigenvalue weighted by atomic mass is 10.1. The third-order valence-electron chi connectivity index (χ3n) is 3.17. The van der Waals surface area contributed by atoms with Crippen LogP contribution in [-0.2, 0) is 6.54 Å². The number of unbranched alkanes of at least 4 members (excludes halogenated alkanes) is 1. The first-order chi connectivity index (χ1) is 8.58. The Bertz CT molecular complexity index is 354. The molecule has 0 aliphatic rings. The Kier molecular flexibility index (Phi) is 6.16. The van der Waals surface area contributed by atoms with Crippen molar-refractivity contribution in [2.75, 3.05) is 27.2 Å². The van der Waals surface area contributed by atoms with Gasteiger partial charge in [-0.3, -0.25) is 0 Å². The third-order valence-corrected chi connectivity index (χ3v) is 3.17.